The van der Waals surface area contributed by atoms with Crippen LogP contribution in [0.5, 0.6) is 0 Å². The Bertz CT molecular complexity index is 450. The van der Waals surface area contributed by atoms with Gasteiger partial charge < -0.3 is 11.1 Å². The molecule has 0 radical (unpaired) electrons. The summed E-state index contributed by atoms with van der Waals surface area (Å²) >= 11 is 0. The van der Waals surface area contributed by atoms with Crippen molar-refractivity contribution in [3.63, 3.8) is 0 Å². The van der Waals surface area contributed by atoms with Gasteiger partial charge in [0.1, 0.15) is 5.82 Å². The molecule has 4 nitrogen and oxygen atoms in total. The van der Waals surface area contributed by atoms with E-state index in [1.54, 1.807) is 0 Å². The number of nitrogens with two attached hydrogens (primary N) is 1. The maximum Gasteiger partial charge on any atom is 0.238 e. The second kappa shape index (κ2) is 5.35. The lowest BCUT2D eigenvalue weighted by Crippen LogP contribution is -2.31. The second-order valence-electron chi connectivity index (χ2n) is 4.91. The van der Waals surface area contributed by atoms with Crippen molar-refractivity contribution in [3.8, 4) is 0 Å². The maximum atomic E-state index is 13.0. The number of benzene rings is 1. The lowest BCUT2D eigenvalue weighted by Gasteiger charge is -2.15. The number of hydrogen-bond acceptors (Lipinski definition) is 3. The van der Waals surface area contributed by atoms with E-state index in [1.165, 1.54) is 18.2 Å². The first-order chi connectivity index (χ1) is 8.54. The van der Waals surface area contributed by atoms with Crippen LogP contribution in [-0.4, -0.2) is 30.4 Å². The standard InChI is InChI=1S/C13H18FN3O/c1-9-4-5-17(7-9)8-13(18)16-10-2-3-11(14)12(15)6-10/h2-3,6,9H,4-5,7-8,15H2,1H3,(H,16,18). The van der Waals surface area contributed by atoms with E-state index in [1.807, 2.05) is 0 Å². The average Bonchev–Trinajstić information content (AvgIpc) is 2.69. The molecular formula is C13H18FN3O. The van der Waals surface area contributed by atoms with Crippen molar-refractivity contribution in [2.75, 3.05) is 30.7 Å². The van der Waals surface area contributed by atoms with Crippen molar-refractivity contribution >= 4 is 17.3 Å². The molecule has 0 spiro atoms. The highest BCUT2D eigenvalue weighted by Gasteiger charge is 2.20. The van der Waals surface area contributed by atoms with Gasteiger partial charge in [0.15, 0.2) is 0 Å². The number of hydrogen-bond donors (Lipinski definition) is 2. The Kier molecular flexibility index (Phi) is 3.81. The van der Waals surface area contributed by atoms with Crippen LogP contribution < -0.4 is 11.1 Å². The fourth-order valence-corrected chi connectivity index (χ4v) is 2.20. The highest BCUT2D eigenvalue weighted by Crippen LogP contribution is 2.17. The van der Waals surface area contributed by atoms with Crippen molar-refractivity contribution in [2.45, 2.75) is 13.3 Å². The number of nitrogens with one attached hydrogen (secondary N) is 1. The molecule has 1 aromatic rings. The molecule has 1 fully saturated rings. The number of likely N-dealkylation sites (tertiary alicyclic amines) is 1. The van der Waals surface area contributed by atoms with Gasteiger partial charge in [0.05, 0.1) is 12.2 Å². The van der Waals surface area contributed by atoms with Crippen molar-refractivity contribution in [1.82, 2.24) is 4.90 Å². The number of carbonyl (C=O) groups excluding carboxylic acids is 1. The summed E-state index contributed by atoms with van der Waals surface area (Å²) in [5.74, 6) is 0.0933. The number of anilines is 2. The molecule has 0 aromatic heterocycles. The lowest BCUT2D eigenvalue weighted by molar-refractivity contribution is -0.117. The Morgan fingerprint density at radius 1 is 1.61 bits per heavy atom. The summed E-state index contributed by atoms with van der Waals surface area (Å²) in [6.07, 6.45) is 1.14. The molecule has 1 heterocycles. The zero-order valence-electron chi connectivity index (χ0n) is 10.4. The van der Waals surface area contributed by atoms with E-state index in [4.69, 9.17) is 5.73 Å². The van der Waals surface area contributed by atoms with E-state index < -0.39 is 5.82 Å². The van der Waals surface area contributed by atoms with Crippen LogP contribution in [0.2, 0.25) is 0 Å². The van der Waals surface area contributed by atoms with Crippen LogP contribution in [0.25, 0.3) is 0 Å². The third-order valence-corrected chi connectivity index (χ3v) is 3.15. The van der Waals surface area contributed by atoms with Gasteiger partial charge in [-0.1, -0.05) is 6.92 Å². The van der Waals surface area contributed by atoms with Gasteiger partial charge >= 0.3 is 0 Å². The highest BCUT2D eigenvalue weighted by atomic mass is 19.1. The Morgan fingerprint density at radius 3 is 3.00 bits per heavy atom. The summed E-state index contributed by atoms with van der Waals surface area (Å²) in [6.45, 7) is 4.47. The molecular weight excluding hydrogens is 233 g/mol. The zero-order chi connectivity index (χ0) is 13.1. The Hall–Kier alpha value is -1.62. The Labute approximate surface area is 106 Å². The molecule has 1 aromatic carbocycles. The van der Waals surface area contributed by atoms with Crippen LogP contribution in [0.15, 0.2) is 18.2 Å². The molecule has 98 valence electrons. The molecule has 2 rings (SSSR count). The largest absolute Gasteiger partial charge is 0.396 e. The summed E-state index contributed by atoms with van der Waals surface area (Å²) < 4.78 is 13.0. The molecule has 0 aliphatic carbocycles. The minimum Gasteiger partial charge on any atom is -0.396 e. The lowest BCUT2D eigenvalue weighted by atomic mass is 10.2. The number of amides is 1. The van der Waals surface area contributed by atoms with Gasteiger partial charge in [-0.2, -0.15) is 0 Å². The molecule has 1 saturated heterocycles. The zero-order valence-corrected chi connectivity index (χ0v) is 10.4. The number of halogens is 1. The molecule has 5 heteroatoms. The first-order valence-electron chi connectivity index (χ1n) is 6.12. The first kappa shape index (κ1) is 12.8. The maximum absolute atomic E-state index is 13.0. The smallest absolute Gasteiger partial charge is 0.238 e. The van der Waals surface area contributed by atoms with Gasteiger partial charge in [-0.15, -0.1) is 0 Å². The predicted octanol–water partition coefficient (Wildman–Crippen LogP) is 1.69. The normalized spacial score (nSPS) is 20.0. The fraction of sp³-hybridized carbons (Fsp3) is 0.462. The molecule has 18 heavy (non-hydrogen) atoms. The third-order valence-electron chi connectivity index (χ3n) is 3.15. The van der Waals surface area contributed by atoms with E-state index in [2.05, 4.69) is 17.1 Å². The van der Waals surface area contributed by atoms with E-state index in [0.29, 0.717) is 18.2 Å². The molecule has 0 bridgehead atoms. The summed E-state index contributed by atoms with van der Waals surface area (Å²) in [5, 5.41) is 2.72. The van der Waals surface area contributed by atoms with Crippen molar-refractivity contribution < 1.29 is 9.18 Å². The monoisotopic (exact) mass is 251 g/mol. The SMILES string of the molecule is CC1CCN(CC(=O)Nc2ccc(F)c(N)c2)C1. The predicted molar refractivity (Wildman–Crippen MR) is 69.7 cm³/mol. The molecule has 1 aliphatic rings. The number of nitrogens with zero attached hydrogens (tertiary/aromatic N) is 1. The van der Waals surface area contributed by atoms with Gasteiger partial charge in [-0.05, 0) is 37.1 Å². The van der Waals surface area contributed by atoms with Gasteiger partial charge in [-0.3, -0.25) is 9.69 Å². The van der Waals surface area contributed by atoms with E-state index in [0.717, 1.165) is 19.5 Å². The molecule has 1 aliphatic heterocycles. The van der Waals surface area contributed by atoms with E-state index in [9.17, 15) is 9.18 Å². The minimum atomic E-state index is -0.471. The molecule has 1 unspecified atom stereocenters. The summed E-state index contributed by atoms with van der Waals surface area (Å²) in [7, 11) is 0. The average molecular weight is 251 g/mol. The molecule has 0 saturated carbocycles. The fourth-order valence-electron chi connectivity index (χ4n) is 2.20. The van der Waals surface area contributed by atoms with E-state index >= 15 is 0 Å². The van der Waals surface area contributed by atoms with Gasteiger partial charge in [0.2, 0.25) is 5.91 Å². The third kappa shape index (κ3) is 3.20. The van der Waals surface area contributed by atoms with Crippen LogP contribution in [0.1, 0.15) is 13.3 Å². The number of carbonyl (C=O) groups is 1. The topological polar surface area (TPSA) is 58.4 Å². The Balaban J connectivity index is 1.89. The van der Waals surface area contributed by atoms with Crippen molar-refractivity contribution in [1.29, 1.82) is 0 Å². The van der Waals surface area contributed by atoms with Crippen molar-refractivity contribution in [3.05, 3.63) is 24.0 Å². The highest BCUT2D eigenvalue weighted by molar-refractivity contribution is 5.92. The van der Waals surface area contributed by atoms with Crippen molar-refractivity contribution in [2.24, 2.45) is 5.92 Å². The van der Waals surface area contributed by atoms with Crippen LogP contribution >= 0.6 is 0 Å². The van der Waals surface area contributed by atoms with Gasteiger partial charge in [0.25, 0.3) is 0 Å². The molecule has 3 N–H and O–H groups in total. The molecule has 1 atom stereocenters. The van der Waals surface area contributed by atoms with Gasteiger partial charge in [0, 0.05) is 12.2 Å². The van der Waals surface area contributed by atoms with Crippen LogP contribution in [0.3, 0.4) is 0 Å². The number of rotatable bonds is 3. The number of nitrogen functional groups attached to an aromatic ring is 1. The van der Waals surface area contributed by atoms with Crippen LogP contribution in [0, 0.1) is 11.7 Å². The van der Waals surface area contributed by atoms with E-state index in [-0.39, 0.29) is 11.6 Å². The second-order valence-corrected chi connectivity index (χ2v) is 4.91. The summed E-state index contributed by atoms with van der Waals surface area (Å²) in [6, 6.07) is 4.19. The first-order valence-corrected chi connectivity index (χ1v) is 6.12. The quantitative estimate of drug-likeness (QED) is 0.804. The van der Waals surface area contributed by atoms with Crippen LogP contribution in [0.4, 0.5) is 15.8 Å². The Morgan fingerprint density at radius 2 is 2.39 bits per heavy atom. The van der Waals surface area contributed by atoms with Crippen LogP contribution in [-0.2, 0) is 4.79 Å². The summed E-state index contributed by atoms with van der Waals surface area (Å²) in [5.41, 5.74) is 6.02. The van der Waals surface area contributed by atoms with Gasteiger partial charge in [-0.25, -0.2) is 4.39 Å². The molecule has 1 amide bonds. The minimum absolute atomic E-state index is 0.0441. The summed E-state index contributed by atoms with van der Waals surface area (Å²) in [4.78, 5) is 13.9.